The molecule has 0 unspecified atom stereocenters. The molecule has 2 atom stereocenters. The van der Waals surface area contributed by atoms with E-state index in [1.54, 1.807) is 55.8 Å². The highest BCUT2D eigenvalue weighted by molar-refractivity contribution is 6.35. The number of aromatic nitrogens is 1. The van der Waals surface area contributed by atoms with Gasteiger partial charge in [-0.25, -0.2) is 14.6 Å². The number of para-hydroxylation sites is 1. The second-order valence-corrected chi connectivity index (χ2v) is 14.4. The molecule has 53 heavy (non-hydrogen) atoms. The minimum Gasteiger partial charge on any atom is -0.870 e. The van der Waals surface area contributed by atoms with Crippen molar-refractivity contribution in [2.24, 2.45) is 5.92 Å². The number of rotatable bonds is 13. The average molecular weight is 766 g/mol. The molecule has 4 heterocycles. The number of piperidine rings is 3. The van der Waals surface area contributed by atoms with Crippen LogP contribution in [0.3, 0.4) is 0 Å². The fourth-order valence-corrected chi connectivity index (χ4v) is 7.53. The van der Waals surface area contributed by atoms with Crippen molar-refractivity contribution in [2.45, 2.75) is 44.6 Å². The number of pyridine rings is 1. The van der Waals surface area contributed by atoms with Gasteiger partial charge in [0.05, 0.1) is 32.0 Å². The van der Waals surface area contributed by atoms with E-state index in [0.717, 1.165) is 49.3 Å². The maximum Gasteiger partial charge on any atom is 0.414 e. The molecule has 0 spiro atoms. The lowest BCUT2D eigenvalue weighted by atomic mass is 9.86. The van der Waals surface area contributed by atoms with Crippen molar-refractivity contribution in [2.75, 3.05) is 52.8 Å². The van der Waals surface area contributed by atoms with Crippen molar-refractivity contribution in [1.29, 1.82) is 0 Å². The SMILES string of the molecule is COc1ccc([C@H](Cc2c(Cl)c[nH+]cc2Cl)OC(=O)c2ccc(CN(C(=O)O[C@H]3CN4CCC3CC4)c3ccccc3CN(C)C)cc2)cc1OC.[OH-]. The third-order valence-corrected chi connectivity index (χ3v) is 10.5. The van der Waals surface area contributed by atoms with Crippen LogP contribution in [0.5, 0.6) is 11.5 Å². The van der Waals surface area contributed by atoms with E-state index in [2.05, 4.69) is 14.8 Å². The second-order valence-electron chi connectivity index (χ2n) is 13.6. The van der Waals surface area contributed by atoms with Crippen LogP contribution in [0.1, 0.15) is 51.6 Å². The molecule has 2 bridgehead atoms. The number of nitrogens with zero attached hydrogens (tertiary/aromatic N) is 3. The molecule has 3 aliphatic heterocycles. The van der Waals surface area contributed by atoms with Crippen molar-refractivity contribution in [1.82, 2.24) is 9.80 Å². The summed E-state index contributed by atoms with van der Waals surface area (Å²) in [5, 5.41) is 0.837. The Morgan fingerprint density at radius 1 is 0.906 bits per heavy atom. The molecule has 0 radical (unpaired) electrons. The number of carbonyl (C=O) groups is 2. The summed E-state index contributed by atoms with van der Waals surface area (Å²) in [5.74, 6) is 0.889. The number of esters is 1. The number of fused-ring (bicyclic) bond motifs is 3. The maximum atomic E-state index is 14.0. The molecule has 1 aromatic heterocycles. The van der Waals surface area contributed by atoms with Gasteiger partial charge in [0.15, 0.2) is 23.9 Å². The van der Waals surface area contributed by atoms with E-state index in [-0.39, 0.29) is 30.6 Å². The van der Waals surface area contributed by atoms with Crippen LogP contribution in [-0.2, 0) is 29.0 Å². The van der Waals surface area contributed by atoms with E-state index in [1.807, 2.05) is 56.6 Å². The molecule has 13 heteroatoms. The van der Waals surface area contributed by atoms with Crippen LogP contribution in [0.4, 0.5) is 10.5 Å². The molecular weight excluding hydrogens is 719 g/mol. The minimum atomic E-state index is -0.755. The molecule has 3 fully saturated rings. The Bertz CT molecular complexity index is 1850. The number of methoxy groups -OCH3 is 2. The largest absolute Gasteiger partial charge is 0.870 e. The van der Waals surface area contributed by atoms with Gasteiger partial charge in [0, 0.05) is 25.1 Å². The Hall–Kier alpha value is -4.39. The zero-order valence-electron chi connectivity index (χ0n) is 30.4. The highest BCUT2D eigenvalue weighted by Crippen LogP contribution is 2.36. The van der Waals surface area contributed by atoms with Gasteiger partial charge in [-0.15, -0.1) is 0 Å². The van der Waals surface area contributed by atoms with E-state index in [4.69, 9.17) is 42.1 Å². The summed E-state index contributed by atoms with van der Waals surface area (Å²) in [6.45, 7) is 3.81. The Morgan fingerprint density at radius 3 is 2.21 bits per heavy atom. The number of aromatic amines is 1. The van der Waals surface area contributed by atoms with Crippen LogP contribution in [0.25, 0.3) is 0 Å². The van der Waals surface area contributed by atoms with E-state index in [0.29, 0.717) is 50.7 Å². The van der Waals surface area contributed by atoms with Gasteiger partial charge in [-0.1, -0.05) is 59.6 Å². The summed E-state index contributed by atoms with van der Waals surface area (Å²) in [5.41, 5.74) is 4.29. The van der Waals surface area contributed by atoms with Gasteiger partial charge in [-0.3, -0.25) is 9.80 Å². The van der Waals surface area contributed by atoms with Gasteiger partial charge in [-0.2, -0.15) is 0 Å². The van der Waals surface area contributed by atoms with Gasteiger partial charge in [0.25, 0.3) is 0 Å². The first-order valence-corrected chi connectivity index (χ1v) is 18.2. The summed E-state index contributed by atoms with van der Waals surface area (Å²) in [7, 11) is 7.11. The van der Waals surface area contributed by atoms with Crippen LogP contribution in [0.15, 0.2) is 79.1 Å². The van der Waals surface area contributed by atoms with Crippen LogP contribution in [0, 0.1) is 5.92 Å². The van der Waals surface area contributed by atoms with Crippen molar-refractivity contribution in [3.05, 3.63) is 117 Å². The molecule has 0 saturated carbocycles. The van der Waals surface area contributed by atoms with Gasteiger partial charge in [-0.05, 0) is 93.0 Å². The number of hydrogen-bond donors (Lipinski definition) is 0. The topological polar surface area (TPSA) is 125 Å². The van der Waals surface area contributed by atoms with E-state index in [1.165, 1.54) is 0 Å². The number of hydrogen-bond acceptors (Lipinski definition) is 9. The Balaban J connectivity index is 0.00000541. The molecule has 2 N–H and O–H groups in total. The van der Waals surface area contributed by atoms with Crippen molar-refractivity contribution >= 4 is 41.0 Å². The molecule has 4 aromatic rings. The summed E-state index contributed by atoms with van der Waals surface area (Å²) in [4.78, 5) is 36.8. The number of amides is 1. The highest BCUT2D eigenvalue weighted by Gasteiger charge is 2.37. The van der Waals surface area contributed by atoms with Crippen LogP contribution < -0.4 is 19.4 Å². The number of H-pyrrole nitrogens is 1. The lowest BCUT2D eigenvalue weighted by Gasteiger charge is -2.44. The first-order valence-electron chi connectivity index (χ1n) is 17.4. The number of nitrogens with one attached hydrogen (secondary N) is 1. The van der Waals surface area contributed by atoms with Gasteiger partial charge in [0.1, 0.15) is 22.3 Å². The summed E-state index contributed by atoms with van der Waals surface area (Å²) in [6, 6.07) is 20.4. The third kappa shape index (κ3) is 9.59. The predicted octanol–water partition coefficient (Wildman–Crippen LogP) is 7.09. The van der Waals surface area contributed by atoms with E-state index >= 15 is 0 Å². The number of benzene rings is 3. The van der Waals surface area contributed by atoms with Gasteiger partial charge >= 0.3 is 12.1 Å². The summed E-state index contributed by atoms with van der Waals surface area (Å²) < 4.78 is 23.3. The molecule has 3 aliphatic rings. The molecule has 3 aromatic carbocycles. The summed E-state index contributed by atoms with van der Waals surface area (Å²) in [6.07, 6.45) is 4.31. The maximum absolute atomic E-state index is 14.0. The lowest BCUT2D eigenvalue weighted by molar-refractivity contribution is -0.377. The minimum absolute atomic E-state index is 0. The fourth-order valence-electron chi connectivity index (χ4n) is 7.00. The fraction of sp³-hybridized carbons (Fsp3) is 0.375. The van der Waals surface area contributed by atoms with Crippen LogP contribution in [-0.4, -0.2) is 81.4 Å². The van der Waals surface area contributed by atoms with E-state index in [9.17, 15) is 9.59 Å². The Labute approximate surface area is 320 Å². The van der Waals surface area contributed by atoms with E-state index < -0.39 is 12.1 Å². The normalized spacial score (nSPS) is 18.1. The first kappa shape index (κ1) is 39.8. The Morgan fingerprint density at radius 2 is 1.58 bits per heavy atom. The number of halogens is 2. The van der Waals surface area contributed by atoms with Crippen molar-refractivity contribution < 1.29 is 39.0 Å². The molecule has 11 nitrogen and oxygen atoms in total. The van der Waals surface area contributed by atoms with Gasteiger partial charge in [0.2, 0.25) is 0 Å². The molecule has 282 valence electrons. The molecule has 3 saturated heterocycles. The van der Waals surface area contributed by atoms with Crippen LogP contribution in [0.2, 0.25) is 10.0 Å². The number of ether oxygens (including phenoxy) is 4. The van der Waals surface area contributed by atoms with Crippen molar-refractivity contribution in [3.8, 4) is 11.5 Å². The number of anilines is 1. The average Bonchev–Trinajstić information content (AvgIpc) is 3.15. The molecule has 1 amide bonds. The zero-order valence-corrected chi connectivity index (χ0v) is 31.9. The third-order valence-electron chi connectivity index (χ3n) is 9.78. The predicted molar refractivity (Wildman–Crippen MR) is 202 cm³/mol. The smallest absolute Gasteiger partial charge is 0.414 e. The quantitative estimate of drug-likeness (QED) is 0.131. The zero-order chi connectivity index (χ0) is 36.8. The monoisotopic (exact) mass is 764 g/mol. The highest BCUT2D eigenvalue weighted by atomic mass is 35.5. The second kappa shape index (κ2) is 18.1. The van der Waals surface area contributed by atoms with Crippen LogP contribution >= 0.6 is 23.2 Å². The standard InChI is InChI=1S/C40H44Cl2N4O6.H2O/c1-44(2)24-30-7-5-6-8-34(30)46(40(48)52-38-25-45-17-15-27(38)16-18-45)23-26-9-11-28(12-10-26)39(47)51-36(20-31-32(41)21-43-22-33(31)42)29-13-14-35(49-3)37(19-29)50-4;/h5-14,19,21-22,27,36,38H,15-18,20,23-25H2,1-4H3;1H2/t36-,38-;/m0./s1. The van der Waals surface area contributed by atoms with Crippen molar-refractivity contribution in [3.63, 3.8) is 0 Å². The molecular formula is C40H46Cl2N4O7. The van der Waals surface area contributed by atoms with Gasteiger partial charge < -0.3 is 29.3 Å². The molecule has 7 rings (SSSR count). The first-order chi connectivity index (χ1) is 25.1. The summed E-state index contributed by atoms with van der Waals surface area (Å²) >= 11 is 13.0. The molecule has 0 aliphatic carbocycles. The number of carbonyl (C=O) groups excluding carboxylic acids is 2. The lowest BCUT2D eigenvalue weighted by Crippen LogP contribution is -2.53. The Kier molecular flexibility index (Phi) is 13.6.